The van der Waals surface area contributed by atoms with Gasteiger partial charge < -0.3 is 50.9 Å². The van der Waals surface area contributed by atoms with Crippen LogP contribution in [0, 0.1) is 40.5 Å². The quantitative estimate of drug-likeness (QED) is 0.0479. The van der Waals surface area contributed by atoms with E-state index in [2.05, 4.69) is 5.32 Å². The van der Waals surface area contributed by atoms with E-state index in [-0.39, 0.29) is 36.6 Å². The molecule has 0 aliphatic rings. The molecule has 322 valence electrons. The minimum absolute atomic E-state index is 0. The second-order valence-electron chi connectivity index (χ2n) is 10.7. The predicted octanol–water partition coefficient (Wildman–Crippen LogP) is 4.48. The number of nitro benzene ring substituents is 4. The number of halogens is 1. The minimum atomic E-state index is -0.769. The number of nitrogens with one attached hydrogen (secondary N) is 1. The van der Waals surface area contributed by atoms with Gasteiger partial charge in [0.2, 0.25) is 0 Å². The minimum Gasteiger partial charge on any atom is -0.379 e. The van der Waals surface area contributed by atoms with Crippen molar-refractivity contribution in [1.82, 2.24) is 0 Å². The summed E-state index contributed by atoms with van der Waals surface area (Å²) in [6.07, 6.45) is 3.26. The molecule has 2 aromatic carbocycles. The SMILES string of the molecule is C.NCCCOCCOCCOCCCN.NCCCOCCOCCOCCCNc1ccc([N+](=O)[O-])cc1[N+](=O)[O-].O=[N+]([O-])c1ccc(Cl)c([N+](=O)[O-])c1.[2HH]. The first-order valence-electron chi connectivity index (χ1n) is 17.3. The second-order valence-corrected chi connectivity index (χ2v) is 11.2. The highest BCUT2D eigenvalue weighted by Gasteiger charge is 2.19. The van der Waals surface area contributed by atoms with Gasteiger partial charge in [0.25, 0.3) is 22.7 Å². The molecule has 2 rings (SSSR count). The monoisotopic (exact) mass is 827 g/mol. The van der Waals surface area contributed by atoms with Gasteiger partial charge in [0.1, 0.15) is 10.7 Å². The van der Waals surface area contributed by atoms with Crippen LogP contribution in [0.3, 0.4) is 0 Å². The van der Waals surface area contributed by atoms with E-state index >= 15 is 0 Å². The number of hydrogen-bond acceptors (Lipinski definition) is 18. The summed E-state index contributed by atoms with van der Waals surface area (Å²) in [6.45, 7) is 9.35. The molecule has 0 aliphatic carbocycles. The molecule has 7 N–H and O–H groups in total. The van der Waals surface area contributed by atoms with Crippen LogP contribution in [-0.4, -0.2) is 125 Å². The van der Waals surface area contributed by atoms with Crippen molar-refractivity contribution in [1.29, 1.82) is 0 Å². The van der Waals surface area contributed by atoms with Crippen molar-refractivity contribution < 1.29 is 49.5 Å². The van der Waals surface area contributed by atoms with E-state index in [9.17, 15) is 40.5 Å². The Morgan fingerprint density at radius 3 is 1.21 bits per heavy atom. The summed E-state index contributed by atoms with van der Waals surface area (Å²) in [5.74, 6) is 0. The largest absolute Gasteiger partial charge is 0.379 e. The zero-order valence-corrected chi connectivity index (χ0v) is 31.5. The fourth-order valence-electron chi connectivity index (χ4n) is 3.73. The number of nitro groups is 4. The van der Waals surface area contributed by atoms with Crippen LogP contribution in [0.2, 0.25) is 5.02 Å². The Labute approximate surface area is 332 Å². The Balaban J connectivity index is -0.000000826. The second kappa shape index (κ2) is 36.4. The van der Waals surface area contributed by atoms with Crippen LogP contribution in [-0.2, 0) is 28.4 Å². The molecular weight excluding hydrogens is 768 g/mol. The number of hydrogen-bond donors (Lipinski definition) is 4. The van der Waals surface area contributed by atoms with Crippen molar-refractivity contribution in [2.75, 3.05) is 111 Å². The lowest BCUT2D eigenvalue weighted by atomic mass is 10.2. The lowest BCUT2D eigenvalue weighted by Crippen LogP contribution is -2.12. The van der Waals surface area contributed by atoms with E-state index in [1.807, 2.05) is 0 Å². The molecule has 22 nitrogen and oxygen atoms in total. The molecule has 0 aliphatic heterocycles. The smallest absolute Gasteiger partial charge is 0.299 e. The molecular formula is C33H59ClN8O14. The third-order valence-corrected chi connectivity index (χ3v) is 6.79. The topological polar surface area (TPSA) is 318 Å². The Morgan fingerprint density at radius 1 is 0.518 bits per heavy atom. The van der Waals surface area contributed by atoms with E-state index in [1.165, 1.54) is 12.1 Å². The van der Waals surface area contributed by atoms with Gasteiger partial charge in [0, 0.05) is 46.5 Å². The van der Waals surface area contributed by atoms with Crippen molar-refractivity contribution in [3.05, 3.63) is 81.9 Å². The summed E-state index contributed by atoms with van der Waals surface area (Å²) < 4.78 is 31.8. The Hall–Kier alpha value is -4.23. The Morgan fingerprint density at radius 2 is 0.857 bits per heavy atom. The van der Waals surface area contributed by atoms with Crippen LogP contribution in [0.1, 0.15) is 34.5 Å². The zero-order chi connectivity index (χ0) is 41.1. The van der Waals surface area contributed by atoms with E-state index in [0.29, 0.717) is 112 Å². The summed E-state index contributed by atoms with van der Waals surface area (Å²) in [4.78, 5) is 39.4. The lowest BCUT2D eigenvalue weighted by molar-refractivity contribution is -0.394. The fourth-order valence-corrected chi connectivity index (χ4v) is 3.91. The molecule has 56 heavy (non-hydrogen) atoms. The van der Waals surface area contributed by atoms with E-state index in [4.69, 9.17) is 57.2 Å². The maximum atomic E-state index is 11.0. The molecule has 0 saturated heterocycles. The fraction of sp³-hybridized carbons (Fsp3) is 0.636. The normalized spacial score (nSPS) is 10.3. The van der Waals surface area contributed by atoms with Crippen LogP contribution in [0.5, 0.6) is 0 Å². The van der Waals surface area contributed by atoms with Gasteiger partial charge in [-0.25, -0.2) is 0 Å². The molecule has 23 heteroatoms. The van der Waals surface area contributed by atoms with Crippen LogP contribution < -0.4 is 22.5 Å². The van der Waals surface area contributed by atoms with E-state index in [0.717, 1.165) is 43.5 Å². The van der Waals surface area contributed by atoms with E-state index < -0.39 is 25.4 Å². The van der Waals surface area contributed by atoms with Gasteiger partial charge in [0.05, 0.1) is 84.7 Å². The number of non-ortho nitro benzene ring substituents is 2. The average molecular weight is 828 g/mol. The number of rotatable bonds is 30. The number of anilines is 1. The van der Waals surface area contributed by atoms with Crippen LogP contribution >= 0.6 is 11.6 Å². The number of nitrogens with zero attached hydrogens (tertiary/aromatic N) is 4. The van der Waals surface area contributed by atoms with Gasteiger partial charge in [-0.1, -0.05) is 19.0 Å². The molecule has 0 unspecified atom stereocenters. The van der Waals surface area contributed by atoms with Crippen LogP contribution in [0.15, 0.2) is 36.4 Å². The van der Waals surface area contributed by atoms with Gasteiger partial charge in [0.15, 0.2) is 0 Å². The highest BCUT2D eigenvalue weighted by atomic mass is 35.5. The molecule has 0 heterocycles. The van der Waals surface area contributed by atoms with Crippen molar-refractivity contribution in [2.24, 2.45) is 17.2 Å². The Kier molecular flexibility index (Phi) is 35.0. The van der Waals surface area contributed by atoms with Crippen LogP contribution in [0.25, 0.3) is 0 Å². The van der Waals surface area contributed by atoms with Gasteiger partial charge in [-0.3, -0.25) is 40.5 Å². The Bertz CT molecular complexity index is 1360. The summed E-state index contributed by atoms with van der Waals surface area (Å²) in [6, 6.07) is 6.55. The number of ether oxygens (including phenoxy) is 6. The van der Waals surface area contributed by atoms with Gasteiger partial charge in [-0.2, -0.15) is 0 Å². The van der Waals surface area contributed by atoms with Crippen LogP contribution in [0.4, 0.5) is 28.4 Å². The summed E-state index contributed by atoms with van der Waals surface area (Å²) >= 11 is 5.43. The van der Waals surface area contributed by atoms with Gasteiger partial charge >= 0.3 is 0 Å². The molecule has 0 bridgehead atoms. The van der Waals surface area contributed by atoms with Crippen molar-refractivity contribution in [3.8, 4) is 0 Å². The molecule has 2 aromatic rings. The first kappa shape index (κ1) is 53.9. The number of benzene rings is 2. The third-order valence-electron chi connectivity index (χ3n) is 6.47. The summed E-state index contributed by atoms with van der Waals surface area (Å²) in [5.41, 5.74) is 14.7. The van der Waals surface area contributed by atoms with E-state index in [1.54, 1.807) is 0 Å². The maximum Gasteiger partial charge on any atom is 0.299 e. The maximum absolute atomic E-state index is 11.0. The first-order valence-corrected chi connectivity index (χ1v) is 17.7. The van der Waals surface area contributed by atoms with Crippen molar-refractivity contribution >= 4 is 40.0 Å². The predicted molar refractivity (Wildman–Crippen MR) is 212 cm³/mol. The van der Waals surface area contributed by atoms with Crippen molar-refractivity contribution in [3.63, 3.8) is 0 Å². The third kappa shape index (κ3) is 28.2. The standard InChI is InChI=1S/C16H26N4O7.C10H24N2O3.C6H3ClN2O4.CH4.H2/c17-5-1-7-25-9-11-27-12-10-26-8-2-6-18-15-4-3-14(19(21)22)13-16(15)20(23)24;11-3-1-5-13-7-9-15-10-8-14-6-2-4-12;7-5-2-1-4(8(10)11)3-6(5)9(12)13;;/h3-4,13,18H,1-2,5-12,17H2;1-12H2;1-3H;1H4;1H/i;;;;1+1. The van der Waals surface area contributed by atoms with Crippen molar-refractivity contribution in [2.45, 2.75) is 33.1 Å². The molecule has 0 fully saturated rings. The van der Waals surface area contributed by atoms with Gasteiger partial charge in [-0.05, 0) is 57.5 Å². The molecule has 0 saturated carbocycles. The molecule has 0 amide bonds. The summed E-state index contributed by atoms with van der Waals surface area (Å²) in [7, 11) is 0. The highest BCUT2D eigenvalue weighted by Crippen LogP contribution is 2.29. The zero-order valence-electron chi connectivity index (χ0n) is 30.7. The van der Waals surface area contributed by atoms with Gasteiger partial charge in [-0.15, -0.1) is 0 Å². The first-order chi connectivity index (χ1) is 26.5. The molecule has 0 atom stereocenters. The molecule has 0 spiro atoms. The number of nitrogens with two attached hydrogens (primary N) is 3. The summed E-state index contributed by atoms with van der Waals surface area (Å²) in [5, 5.41) is 45.0. The lowest BCUT2D eigenvalue weighted by Gasteiger charge is -2.08. The molecule has 0 radical (unpaired) electrons. The highest BCUT2D eigenvalue weighted by molar-refractivity contribution is 6.32. The molecule has 0 aromatic heterocycles. The average Bonchev–Trinajstić information content (AvgIpc) is 3.16.